The number of aromatic nitrogens is 3. The molecular formula is C8H9N3O. The smallest absolute Gasteiger partial charge is 0.344 e. The molecule has 0 aromatic carbocycles. The van der Waals surface area contributed by atoms with Crippen molar-refractivity contribution in [2.75, 3.05) is 0 Å². The number of nitrogens with zero attached hydrogens (tertiary/aromatic N) is 1. The molecule has 0 atom stereocenters. The van der Waals surface area contributed by atoms with Gasteiger partial charge in [-0.2, -0.15) is 0 Å². The van der Waals surface area contributed by atoms with Crippen molar-refractivity contribution in [3.8, 4) is 0 Å². The molecule has 0 saturated carbocycles. The molecule has 0 unspecified atom stereocenters. The molecule has 0 amide bonds. The predicted octanol–water partition coefficient (Wildman–Crippen LogP) is 0.785. The zero-order valence-electron chi connectivity index (χ0n) is 6.40. The first-order valence-corrected chi connectivity index (χ1v) is 3.47. The summed E-state index contributed by atoms with van der Waals surface area (Å²) in [6, 6.07) is 5.54. The maximum absolute atomic E-state index is 10.1. The molecule has 0 radical (unpaired) electrons. The second kappa shape index (κ2) is 4.90. The van der Waals surface area contributed by atoms with Crippen molar-refractivity contribution in [1.29, 1.82) is 0 Å². The van der Waals surface area contributed by atoms with Crippen LogP contribution in [0.15, 0.2) is 47.8 Å². The summed E-state index contributed by atoms with van der Waals surface area (Å²) in [5.41, 5.74) is -0.303. The van der Waals surface area contributed by atoms with Crippen LogP contribution in [-0.2, 0) is 0 Å². The Balaban J connectivity index is 0.000000127. The molecule has 0 bridgehead atoms. The fourth-order valence-corrected chi connectivity index (χ4v) is 0.588. The Bertz CT molecular complexity index is 304. The molecule has 12 heavy (non-hydrogen) atoms. The van der Waals surface area contributed by atoms with Crippen LogP contribution in [0.1, 0.15) is 0 Å². The van der Waals surface area contributed by atoms with Gasteiger partial charge in [-0.05, 0) is 18.2 Å². The first-order chi connectivity index (χ1) is 5.89. The average Bonchev–Trinajstić information content (AvgIpc) is 2.62. The molecule has 0 aliphatic rings. The van der Waals surface area contributed by atoms with Crippen LogP contribution < -0.4 is 5.69 Å². The Labute approximate surface area is 69.3 Å². The molecule has 4 nitrogen and oxygen atoms in total. The number of hydrogen-bond donors (Lipinski definition) is 2. The van der Waals surface area contributed by atoms with Gasteiger partial charge in [0.05, 0.1) is 0 Å². The zero-order valence-corrected chi connectivity index (χ0v) is 6.40. The Morgan fingerprint density at radius 2 is 1.83 bits per heavy atom. The van der Waals surface area contributed by atoms with Crippen molar-refractivity contribution in [2.24, 2.45) is 0 Å². The highest BCUT2D eigenvalue weighted by Gasteiger charge is 1.70. The minimum absolute atomic E-state index is 0.303. The van der Waals surface area contributed by atoms with E-state index in [1.165, 1.54) is 12.4 Å². The maximum Gasteiger partial charge on any atom is 0.344 e. The van der Waals surface area contributed by atoms with E-state index in [1.54, 1.807) is 6.07 Å². The van der Waals surface area contributed by atoms with Crippen molar-refractivity contribution >= 4 is 0 Å². The molecule has 0 aliphatic heterocycles. The summed E-state index contributed by atoms with van der Waals surface area (Å²) < 4.78 is 0. The highest BCUT2D eigenvalue weighted by molar-refractivity contribution is 4.84. The third-order valence-corrected chi connectivity index (χ3v) is 1.08. The van der Waals surface area contributed by atoms with E-state index in [9.17, 15) is 4.79 Å². The second-order valence-corrected chi connectivity index (χ2v) is 1.97. The molecule has 0 saturated heterocycles. The molecule has 2 rings (SSSR count). The number of aromatic amines is 2. The minimum Gasteiger partial charge on any atom is -0.368 e. The van der Waals surface area contributed by atoms with Crippen LogP contribution in [-0.4, -0.2) is 15.0 Å². The van der Waals surface area contributed by atoms with Gasteiger partial charge in [-0.25, -0.2) is 9.78 Å². The first kappa shape index (κ1) is 8.26. The molecule has 2 heterocycles. The van der Waals surface area contributed by atoms with E-state index in [2.05, 4.69) is 15.0 Å². The number of hydrogen-bond acceptors (Lipinski definition) is 2. The number of rotatable bonds is 0. The molecule has 2 N–H and O–H groups in total. The third-order valence-electron chi connectivity index (χ3n) is 1.08. The standard InChI is InChI=1S/C4H4N2O.C4H5N/c7-4-5-2-1-3-6-4;1-2-4-5-3-1/h1-3H,(H,5,6,7);1-5H. The first-order valence-electron chi connectivity index (χ1n) is 3.47. The van der Waals surface area contributed by atoms with Gasteiger partial charge < -0.3 is 9.97 Å². The van der Waals surface area contributed by atoms with Gasteiger partial charge in [-0.1, -0.05) is 0 Å². The lowest BCUT2D eigenvalue weighted by atomic mass is 10.7. The lowest BCUT2D eigenvalue weighted by Crippen LogP contribution is -2.05. The van der Waals surface area contributed by atoms with Crippen molar-refractivity contribution < 1.29 is 0 Å². The largest absolute Gasteiger partial charge is 0.368 e. The molecule has 4 heteroatoms. The summed E-state index contributed by atoms with van der Waals surface area (Å²) in [6.07, 6.45) is 6.73. The van der Waals surface area contributed by atoms with Gasteiger partial charge in [-0.3, -0.25) is 0 Å². The highest BCUT2D eigenvalue weighted by Crippen LogP contribution is 1.72. The van der Waals surface area contributed by atoms with E-state index < -0.39 is 0 Å². The molecular weight excluding hydrogens is 154 g/mol. The number of H-pyrrole nitrogens is 2. The lowest BCUT2D eigenvalue weighted by Gasteiger charge is -1.72. The monoisotopic (exact) mass is 163 g/mol. The lowest BCUT2D eigenvalue weighted by molar-refractivity contribution is 1.08. The second-order valence-electron chi connectivity index (χ2n) is 1.97. The van der Waals surface area contributed by atoms with Gasteiger partial charge in [0.25, 0.3) is 0 Å². The molecule has 0 aliphatic carbocycles. The summed E-state index contributed by atoms with van der Waals surface area (Å²) in [6.45, 7) is 0. The highest BCUT2D eigenvalue weighted by atomic mass is 16.1. The van der Waals surface area contributed by atoms with Crippen LogP contribution in [0.4, 0.5) is 0 Å². The van der Waals surface area contributed by atoms with Gasteiger partial charge in [0.1, 0.15) is 0 Å². The van der Waals surface area contributed by atoms with Gasteiger partial charge in [0.2, 0.25) is 0 Å². The molecule has 2 aromatic rings. The van der Waals surface area contributed by atoms with Crippen LogP contribution >= 0.6 is 0 Å². The molecule has 62 valence electrons. The van der Waals surface area contributed by atoms with Crippen LogP contribution in [0, 0.1) is 0 Å². The Hall–Kier alpha value is -1.84. The van der Waals surface area contributed by atoms with E-state index in [-0.39, 0.29) is 5.69 Å². The normalized spacial score (nSPS) is 8.33. The van der Waals surface area contributed by atoms with E-state index in [0.717, 1.165) is 0 Å². The van der Waals surface area contributed by atoms with E-state index >= 15 is 0 Å². The Morgan fingerprint density at radius 1 is 1.08 bits per heavy atom. The zero-order chi connectivity index (χ0) is 8.65. The van der Waals surface area contributed by atoms with Crippen molar-refractivity contribution in [1.82, 2.24) is 15.0 Å². The minimum atomic E-state index is -0.303. The fourth-order valence-electron chi connectivity index (χ4n) is 0.588. The van der Waals surface area contributed by atoms with E-state index in [0.29, 0.717) is 0 Å². The Morgan fingerprint density at radius 3 is 2.08 bits per heavy atom. The SMILES string of the molecule is O=c1nccc[nH]1.c1cc[nH]c1. The summed E-state index contributed by atoms with van der Waals surface area (Å²) >= 11 is 0. The van der Waals surface area contributed by atoms with Crippen LogP contribution in [0.2, 0.25) is 0 Å². The van der Waals surface area contributed by atoms with Crippen LogP contribution in [0.3, 0.4) is 0 Å². The molecule has 0 spiro atoms. The quantitative estimate of drug-likeness (QED) is 0.603. The summed E-state index contributed by atoms with van der Waals surface area (Å²) in [5, 5.41) is 0. The van der Waals surface area contributed by atoms with Crippen LogP contribution in [0.25, 0.3) is 0 Å². The summed E-state index contributed by atoms with van der Waals surface area (Å²) in [7, 11) is 0. The van der Waals surface area contributed by atoms with Gasteiger partial charge in [-0.15, -0.1) is 0 Å². The predicted molar refractivity (Wildman–Crippen MR) is 45.7 cm³/mol. The van der Waals surface area contributed by atoms with Gasteiger partial charge in [0.15, 0.2) is 0 Å². The van der Waals surface area contributed by atoms with Gasteiger partial charge in [0, 0.05) is 24.8 Å². The van der Waals surface area contributed by atoms with E-state index in [4.69, 9.17) is 0 Å². The molecule has 0 fully saturated rings. The van der Waals surface area contributed by atoms with Crippen molar-refractivity contribution in [3.63, 3.8) is 0 Å². The summed E-state index contributed by atoms with van der Waals surface area (Å²) in [5.74, 6) is 0. The fraction of sp³-hybridized carbons (Fsp3) is 0. The van der Waals surface area contributed by atoms with Gasteiger partial charge >= 0.3 is 5.69 Å². The van der Waals surface area contributed by atoms with Crippen molar-refractivity contribution in [2.45, 2.75) is 0 Å². The number of nitrogens with one attached hydrogen (secondary N) is 2. The average molecular weight is 163 g/mol. The maximum atomic E-state index is 10.1. The van der Waals surface area contributed by atoms with Crippen LogP contribution in [0.5, 0.6) is 0 Å². The topological polar surface area (TPSA) is 61.5 Å². The Kier molecular flexibility index (Phi) is 3.37. The molecule has 2 aromatic heterocycles. The van der Waals surface area contributed by atoms with E-state index in [1.807, 2.05) is 24.5 Å². The third kappa shape index (κ3) is 3.36. The summed E-state index contributed by atoms with van der Waals surface area (Å²) in [4.78, 5) is 18.7. The van der Waals surface area contributed by atoms with Crippen molar-refractivity contribution in [3.05, 3.63) is 53.5 Å².